The van der Waals surface area contributed by atoms with E-state index in [1.165, 1.54) is 30.4 Å². The number of hydrogen-bond acceptors (Lipinski definition) is 2. The van der Waals surface area contributed by atoms with Gasteiger partial charge in [0.05, 0.1) is 12.2 Å². The summed E-state index contributed by atoms with van der Waals surface area (Å²) in [6.07, 6.45) is 8.19. The van der Waals surface area contributed by atoms with Crippen LogP contribution in [0.2, 0.25) is 5.15 Å². The van der Waals surface area contributed by atoms with Crippen molar-refractivity contribution in [3.63, 3.8) is 0 Å². The fourth-order valence-electron chi connectivity index (χ4n) is 3.18. The third-order valence-electron chi connectivity index (χ3n) is 4.27. The quantitative estimate of drug-likeness (QED) is 0.944. The zero-order chi connectivity index (χ0) is 14.3. The smallest absolute Gasteiger partial charge is 0.131 e. The van der Waals surface area contributed by atoms with Crippen LogP contribution in [0, 0.1) is 6.92 Å². The fourth-order valence-corrected chi connectivity index (χ4v) is 3.41. The first-order chi connectivity index (χ1) is 9.60. The Morgan fingerprint density at radius 1 is 1.45 bits per heavy atom. The SMILES string of the molecule is CNC1CCCc2cn(Cc3c(C)nn(C)c3Cl)cc21. The summed E-state index contributed by atoms with van der Waals surface area (Å²) >= 11 is 6.32. The molecule has 0 spiro atoms. The van der Waals surface area contributed by atoms with Crippen molar-refractivity contribution in [1.82, 2.24) is 19.7 Å². The predicted molar refractivity (Wildman–Crippen MR) is 81.2 cm³/mol. The average Bonchev–Trinajstić information content (AvgIpc) is 2.94. The number of rotatable bonds is 3. The van der Waals surface area contributed by atoms with Gasteiger partial charge in [0, 0.05) is 31.0 Å². The van der Waals surface area contributed by atoms with E-state index in [0.717, 1.165) is 23.0 Å². The molecule has 2 aromatic heterocycles. The summed E-state index contributed by atoms with van der Waals surface area (Å²) in [6.45, 7) is 2.81. The predicted octanol–water partition coefficient (Wildman–Crippen LogP) is 2.83. The summed E-state index contributed by atoms with van der Waals surface area (Å²) in [6, 6.07) is 0.491. The lowest BCUT2D eigenvalue weighted by Crippen LogP contribution is -2.20. The van der Waals surface area contributed by atoms with E-state index in [-0.39, 0.29) is 0 Å². The normalized spacial score (nSPS) is 18.3. The van der Waals surface area contributed by atoms with Gasteiger partial charge in [0.15, 0.2) is 0 Å². The topological polar surface area (TPSA) is 34.8 Å². The molecule has 1 unspecified atom stereocenters. The Balaban J connectivity index is 1.91. The monoisotopic (exact) mass is 292 g/mol. The highest BCUT2D eigenvalue weighted by Gasteiger charge is 2.21. The van der Waals surface area contributed by atoms with Gasteiger partial charge in [0.2, 0.25) is 0 Å². The number of fused-ring (bicyclic) bond motifs is 1. The summed E-state index contributed by atoms with van der Waals surface area (Å²) in [5.74, 6) is 0. The van der Waals surface area contributed by atoms with E-state index in [9.17, 15) is 0 Å². The average molecular weight is 293 g/mol. The van der Waals surface area contributed by atoms with E-state index in [0.29, 0.717) is 6.04 Å². The lowest BCUT2D eigenvalue weighted by molar-refractivity contribution is 0.498. The van der Waals surface area contributed by atoms with E-state index in [1.54, 1.807) is 4.68 Å². The second kappa shape index (κ2) is 5.26. The van der Waals surface area contributed by atoms with Gasteiger partial charge in [-0.3, -0.25) is 4.68 Å². The van der Waals surface area contributed by atoms with Crippen molar-refractivity contribution in [2.75, 3.05) is 7.05 Å². The summed E-state index contributed by atoms with van der Waals surface area (Å²) in [7, 11) is 3.93. The lowest BCUT2D eigenvalue weighted by Gasteiger charge is -2.21. The van der Waals surface area contributed by atoms with Gasteiger partial charge >= 0.3 is 0 Å². The Kier molecular flexibility index (Phi) is 3.61. The van der Waals surface area contributed by atoms with E-state index >= 15 is 0 Å². The minimum absolute atomic E-state index is 0.491. The highest BCUT2D eigenvalue weighted by atomic mass is 35.5. The number of hydrogen-bond donors (Lipinski definition) is 1. The number of aryl methyl sites for hydroxylation is 3. The molecule has 0 saturated heterocycles. The number of nitrogens with zero attached hydrogens (tertiary/aromatic N) is 3. The third kappa shape index (κ3) is 2.27. The highest BCUT2D eigenvalue weighted by molar-refractivity contribution is 6.30. The Morgan fingerprint density at radius 2 is 2.25 bits per heavy atom. The summed E-state index contributed by atoms with van der Waals surface area (Å²) in [5, 5.41) is 8.52. The molecule has 1 aliphatic rings. The summed E-state index contributed by atoms with van der Waals surface area (Å²) in [4.78, 5) is 0. The van der Waals surface area contributed by atoms with Gasteiger partial charge in [-0.05, 0) is 44.4 Å². The third-order valence-corrected chi connectivity index (χ3v) is 4.74. The van der Waals surface area contributed by atoms with Crippen LogP contribution in [0.3, 0.4) is 0 Å². The maximum atomic E-state index is 6.32. The standard InChI is InChI=1S/C15H21ClN4/c1-10-12(15(16)19(3)18-10)8-20-7-11-5-4-6-14(17-2)13(11)9-20/h7,9,14,17H,4-6,8H2,1-3H3. The van der Waals surface area contributed by atoms with Crippen LogP contribution in [-0.4, -0.2) is 21.4 Å². The van der Waals surface area contributed by atoms with Crippen LogP contribution in [0.15, 0.2) is 12.4 Å². The molecule has 108 valence electrons. The van der Waals surface area contributed by atoms with Gasteiger partial charge in [-0.2, -0.15) is 5.10 Å². The van der Waals surface area contributed by atoms with Gasteiger partial charge in [-0.15, -0.1) is 0 Å². The zero-order valence-corrected chi connectivity index (χ0v) is 13.0. The van der Waals surface area contributed by atoms with Gasteiger partial charge in [-0.25, -0.2) is 0 Å². The molecule has 20 heavy (non-hydrogen) atoms. The number of nitrogens with one attached hydrogen (secondary N) is 1. The fraction of sp³-hybridized carbons (Fsp3) is 0.533. The van der Waals surface area contributed by atoms with Gasteiger partial charge in [-0.1, -0.05) is 11.6 Å². The molecule has 3 rings (SSSR count). The Hall–Kier alpha value is -1.26. The number of halogens is 1. The maximum absolute atomic E-state index is 6.32. The molecule has 5 heteroatoms. The lowest BCUT2D eigenvalue weighted by atomic mass is 9.91. The van der Waals surface area contributed by atoms with Gasteiger partial charge in [0.1, 0.15) is 5.15 Å². The Morgan fingerprint density at radius 3 is 2.90 bits per heavy atom. The Labute approximate surface area is 124 Å². The minimum atomic E-state index is 0.491. The molecule has 4 nitrogen and oxygen atoms in total. The van der Waals surface area contributed by atoms with Crippen molar-refractivity contribution < 1.29 is 0 Å². The molecular formula is C15H21ClN4. The van der Waals surface area contributed by atoms with Crippen LogP contribution in [0.1, 0.15) is 41.3 Å². The largest absolute Gasteiger partial charge is 0.349 e. The second-order valence-corrected chi connectivity index (χ2v) is 5.98. The molecule has 2 aromatic rings. The van der Waals surface area contributed by atoms with Crippen LogP contribution >= 0.6 is 11.6 Å². The molecule has 0 fully saturated rings. The zero-order valence-electron chi connectivity index (χ0n) is 12.3. The molecule has 0 bridgehead atoms. The van der Waals surface area contributed by atoms with E-state index < -0.39 is 0 Å². The molecule has 1 N–H and O–H groups in total. The highest BCUT2D eigenvalue weighted by Crippen LogP contribution is 2.31. The maximum Gasteiger partial charge on any atom is 0.131 e. The Bertz CT molecular complexity index is 626. The van der Waals surface area contributed by atoms with Crippen molar-refractivity contribution in [3.8, 4) is 0 Å². The second-order valence-electron chi connectivity index (χ2n) is 5.62. The van der Waals surface area contributed by atoms with Crippen LogP contribution in [0.4, 0.5) is 0 Å². The van der Waals surface area contributed by atoms with Crippen LogP contribution in [-0.2, 0) is 20.0 Å². The van der Waals surface area contributed by atoms with Gasteiger partial charge < -0.3 is 9.88 Å². The molecule has 1 aliphatic carbocycles. The molecular weight excluding hydrogens is 272 g/mol. The summed E-state index contributed by atoms with van der Waals surface area (Å²) < 4.78 is 3.99. The van der Waals surface area contributed by atoms with Crippen molar-refractivity contribution in [1.29, 1.82) is 0 Å². The van der Waals surface area contributed by atoms with Crippen LogP contribution in [0.5, 0.6) is 0 Å². The molecule has 2 heterocycles. The first kappa shape index (κ1) is 13.7. The van der Waals surface area contributed by atoms with E-state index in [4.69, 9.17) is 11.6 Å². The first-order valence-electron chi connectivity index (χ1n) is 7.14. The van der Waals surface area contributed by atoms with Crippen molar-refractivity contribution in [2.24, 2.45) is 7.05 Å². The van der Waals surface area contributed by atoms with Crippen molar-refractivity contribution in [3.05, 3.63) is 39.9 Å². The molecule has 0 radical (unpaired) electrons. The molecule has 0 saturated carbocycles. The molecule has 0 aromatic carbocycles. The van der Waals surface area contributed by atoms with E-state index in [2.05, 4.69) is 27.4 Å². The van der Waals surface area contributed by atoms with Crippen molar-refractivity contribution >= 4 is 11.6 Å². The minimum Gasteiger partial charge on any atom is -0.349 e. The van der Waals surface area contributed by atoms with E-state index in [1.807, 2.05) is 21.0 Å². The van der Waals surface area contributed by atoms with Gasteiger partial charge in [0.25, 0.3) is 0 Å². The molecule has 0 amide bonds. The number of aromatic nitrogens is 3. The first-order valence-corrected chi connectivity index (χ1v) is 7.51. The molecule has 1 atom stereocenters. The van der Waals surface area contributed by atoms with Crippen LogP contribution < -0.4 is 5.32 Å². The summed E-state index contributed by atoms with van der Waals surface area (Å²) in [5.41, 5.74) is 5.03. The molecule has 0 aliphatic heterocycles. The van der Waals surface area contributed by atoms with Crippen molar-refractivity contribution in [2.45, 2.75) is 38.8 Å². The van der Waals surface area contributed by atoms with Crippen LogP contribution in [0.25, 0.3) is 0 Å².